The van der Waals surface area contributed by atoms with Gasteiger partial charge in [-0.3, -0.25) is 19.9 Å². The minimum Gasteiger partial charge on any atom is -0.493 e. The van der Waals surface area contributed by atoms with E-state index in [-0.39, 0.29) is 0 Å². The monoisotopic (exact) mass is 1110 g/mol. The van der Waals surface area contributed by atoms with E-state index in [1.165, 1.54) is 103 Å². The number of pyridine rings is 6. The van der Waals surface area contributed by atoms with Crippen molar-refractivity contribution in [2.24, 2.45) is 0 Å². The molecule has 8 heteroatoms. The molecular weight excluding hydrogens is 1030 g/mol. The minimum absolute atomic E-state index is 0.654. The molecule has 6 aromatic heterocycles. The van der Waals surface area contributed by atoms with Crippen LogP contribution in [0, 0.1) is 0 Å². The molecule has 0 fully saturated rings. The number of unbranched alkanes of at least 4 members (excludes halogenated alkanes) is 18. The van der Waals surface area contributed by atoms with Gasteiger partial charge < -0.3 is 9.47 Å². The summed E-state index contributed by atoms with van der Waals surface area (Å²) >= 11 is 0. The molecular formula is C76H84N6O2. The molecule has 430 valence electrons. The van der Waals surface area contributed by atoms with Crippen molar-refractivity contribution < 1.29 is 9.47 Å². The maximum atomic E-state index is 6.81. The Balaban J connectivity index is 0.976. The minimum atomic E-state index is 0.654. The second-order valence-electron chi connectivity index (χ2n) is 22.0. The van der Waals surface area contributed by atoms with Crippen molar-refractivity contribution in [1.82, 2.24) is 29.9 Å². The highest BCUT2D eigenvalue weighted by atomic mass is 16.5. The van der Waals surface area contributed by atoms with Crippen molar-refractivity contribution in [1.29, 1.82) is 0 Å². The van der Waals surface area contributed by atoms with Crippen LogP contribution in [0.25, 0.3) is 92.1 Å². The molecule has 0 spiro atoms. The van der Waals surface area contributed by atoms with Gasteiger partial charge in [0.15, 0.2) is 0 Å². The molecule has 0 unspecified atom stereocenters. The van der Waals surface area contributed by atoms with Crippen LogP contribution >= 0.6 is 0 Å². The average molecular weight is 1110 g/mol. The maximum Gasteiger partial charge on any atom is 0.127 e. The predicted molar refractivity (Wildman–Crippen MR) is 351 cm³/mol. The smallest absolute Gasteiger partial charge is 0.127 e. The summed E-state index contributed by atoms with van der Waals surface area (Å²) in [5.74, 6) is 1.71. The summed E-state index contributed by atoms with van der Waals surface area (Å²) in [6.07, 6.45) is 41.4. The molecule has 0 radical (unpaired) electrons. The van der Waals surface area contributed by atoms with Gasteiger partial charge in [-0.2, -0.15) is 0 Å². The summed E-state index contributed by atoms with van der Waals surface area (Å²) in [6.45, 7) is 5.88. The van der Waals surface area contributed by atoms with Gasteiger partial charge in [0.2, 0.25) is 0 Å². The highest BCUT2D eigenvalue weighted by Gasteiger charge is 2.15. The van der Waals surface area contributed by atoms with Crippen molar-refractivity contribution in [2.75, 3.05) is 13.2 Å². The Morgan fingerprint density at radius 1 is 0.286 bits per heavy atom. The third-order valence-corrected chi connectivity index (χ3v) is 15.4. The lowest BCUT2D eigenvalue weighted by Crippen LogP contribution is -2.03. The third kappa shape index (κ3) is 18.8. The summed E-state index contributed by atoms with van der Waals surface area (Å²) in [6, 6.07) is 53.9. The van der Waals surface area contributed by atoms with E-state index in [2.05, 4.69) is 143 Å². The SMILES string of the molecule is CCCCCCCCCCCCOc1cc(/C=C/c2ccc(-c3cc(-c4ccccn4)nc(-c4ccccn4)c3)cc2)c(OCCCCCCCCCCCC)cc1/C=C/c1ccc(-c2cc(-c3ccccn3)nc(-c3ccccn3)c2)cc1. The fourth-order valence-electron chi connectivity index (χ4n) is 10.6. The van der Waals surface area contributed by atoms with E-state index in [1.807, 2.05) is 97.6 Å². The summed E-state index contributed by atoms with van der Waals surface area (Å²) in [7, 11) is 0. The van der Waals surface area contributed by atoms with Gasteiger partial charge in [-0.15, -0.1) is 0 Å². The van der Waals surface area contributed by atoms with E-state index in [0.29, 0.717) is 13.2 Å². The van der Waals surface area contributed by atoms with Gasteiger partial charge in [0.1, 0.15) is 11.5 Å². The van der Waals surface area contributed by atoms with Crippen molar-refractivity contribution in [2.45, 2.75) is 142 Å². The second-order valence-corrected chi connectivity index (χ2v) is 22.0. The Morgan fingerprint density at radius 3 is 0.869 bits per heavy atom. The normalized spacial score (nSPS) is 11.5. The summed E-state index contributed by atoms with van der Waals surface area (Å²) in [4.78, 5) is 28.5. The molecule has 9 rings (SSSR count). The van der Waals surface area contributed by atoms with Crippen LogP contribution in [0.1, 0.15) is 165 Å². The van der Waals surface area contributed by atoms with E-state index >= 15 is 0 Å². The van der Waals surface area contributed by atoms with E-state index in [4.69, 9.17) is 19.4 Å². The topological polar surface area (TPSA) is 95.8 Å². The largest absolute Gasteiger partial charge is 0.493 e. The standard InChI is InChI=1S/C76H84N6O2/c1-3-5-7-9-11-13-15-17-19-29-51-83-75-57-64(46-40-60-37-43-62(44-38-60)66-55-73(69-33-23-27-49-79-69)82-74(56-66)70-34-24-28-50-80-70)76(84-52-30-20-18-16-14-12-10-8-6-4-2)58-63(75)45-39-59-35-41-61(42-36-59)65-53-71(67-31-21-25-47-77-67)81-72(54-65)68-32-22-26-48-78-68/h21-28,31-50,53-58H,3-20,29-30,51-52H2,1-2H3/b45-39+,46-40+. The molecule has 0 saturated heterocycles. The molecule has 0 saturated carbocycles. The zero-order chi connectivity index (χ0) is 57.6. The first-order chi connectivity index (χ1) is 41.6. The fraction of sp³-hybridized carbons (Fsp3) is 0.316. The number of aromatic nitrogens is 6. The number of hydrogen-bond donors (Lipinski definition) is 0. The Morgan fingerprint density at radius 2 is 0.583 bits per heavy atom. The third-order valence-electron chi connectivity index (χ3n) is 15.4. The van der Waals surface area contributed by atoms with E-state index in [0.717, 1.165) is 127 Å². The second kappa shape index (κ2) is 33.7. The van der Waals surface area contributed by atoms with Crippen molar-refractivity contribution in [3.63, 3.8) is 0 Å². The van der Waals surface area contributed by atoms with Crippen LogP contribution in [0.3, 0.4) is 0 Å². The first-order valence-electron chi connectivity index (χ1n) is 31.3. The maximum absolute atomic E-state index is 6.81. The lowest BCUT2D eigenvalue weighted by atomic mass is 10.0. The molecule has 6 heterocycles. The van der Waals surface area contributed by atoms with Gasteiger partial charge in [-0.1, -0.05) is 227 Å². The van der Waals surface area contributed by atoms with Crippen LogP contribution in [-0.2, 0) is 0 Å². The molecule has 0 amide bonds. The van der Waals surface area contributed by atoms with Crippen LogP contribution in [0.15, 0.2) is 183 Å². The Hall–Kier alpha value is -8.36. The van der Waals surface area contributed by atoms with Crippen LogP contribution < -0.4 is 9.47 Å². The lowest BCUT2D eigenvalue weighted by molar-refractivity contribution is 0.295. The molecule has 0 aliphatic heterocycles. The molecule has 0 bridgehead atoms. The lowest BCUT2D eigenvalue weighted by Gasteiger charge is -2.16. The van der Waals surface area contributed by atoms with E-state index in [1.54, 1.807) is 0 Å². The zero-order valence-corrected chi connectivity index (χ0v) is 49.7. The number of rotatable bonds is 34. The van der Waals surface area contributed by atoms with Gasteiger partial charge in [-0.25, -0.2) is 9.97 Å². The zero-order valence-electron chi connectivity index (χ0n) is 49.7. The molecule has 3 aromatic carbocycles. The molecule has 9 aromatic rings. The predicted octanol–water partition coefficient (Wildman–Crippen LogP) is 21.0. The van der Waals surface area contributed by atoms with Gasteiger partial charge in [0.25, 0.3) is 0 Å². The highest BCUT2D eigenvalue weighted by Crippen LogP contribution is 2.35. The summed E-state index contributed by atoms with van der Waals surface area (Å²) < 4.78 is 13.6. The van der Waals surface area contributed by atoms with Crippen LogP contribution in [0.4, 0.5) is 0 Å². The van der Waals surface area contributed by atoms with Gasteiger partial charge >= 0.3 is 0 Å². The molecule has 0 N–H and O–H groups in total. The van der Waals surface area contributed by atoms with Crippen LogP contribution in [0.2, 0.25) is 0 Å². The molecule has 0 aliphatic rings. The highest BCUT2D eigenvalue weighted by molar-refractivity contribution is 5.81. The fourth-order valence-corrected chi connectivity index (χ4v) is 10.6. The quantitative estimate of drug-likeness (QED) is 0.0291. The molecule has 84 heavy (non-hydrogen) atoms. The van der Waals surface area contributed by atoms with E-state index in [9.17, 15) is 0 Å². The summed E-state index contributed by atoms with van der Waals surface area (Å²) in [5.41, 5.74) is 14.9. The average Bonchev–Trinajstić information content (AvgIpc) is 3.42. The molecule has 8 nitrogen and oxygen atoms in total. The number of hydrogen-bond acceptors (Lipinski definition) is 8. The van der Waals surface area contributed by atoms with Crippen molar-refractivity contribution in [3.8, 4) is 79.3 Å². The Labute approximate surface area is 500 Å². The summed E-state index contributed by atoms with van der Waals surface area (Å²) in [5, 5.41) is 0. The Kier molecular flexibility index (Phi) is 24.1. The first kappa shape index (κ1) is 60.2. The van der Waals surface area contributed by atoms with Gasteiger partial charge in [0, 0.05) is 35.9 Å². The Bertz CT molecular complexity index is 3060. The number of ether oxygens (including phenoxy) is 2. The van der Waals surface area contributed by atoms with Crippen LogP contribution in [0.5, 0.6) is 11.5 Å². The van der Waals surface area contributed by atoms with Gasteiger partial charge in [0.05, 0.1) is 58.8 Å². The van der Waals surface area contributed by atoms with Gasteiger partial charge in [-0.05, 0) is 131 Å². The number of nitrogens with zero attached hydrogens (tertiary/aromatic N) is 6. The van der Waals surface area contributed by atoms with Crippen molar-refractivity contribution in [3.05, 3.63) is 205 Å². The molecule has 0 atom stereocenters. The van der Waals surface area contributed by atoms with Crippen LogP contribution in [-0.4, -0.2) is 43.1 Å². The van der Waals surface area contributed by atoms with E-state index < -0.39 is 0 Å². The first-order valence-corrected chi connectivity index (χ1v) is 31.3. The number of benzene rings is 3. The molecule has 0 aliphatic carbocycles. The van der Waals surface area contributed by atoms with Crippen molar-refractivity contribution >= 4 is 24.3 Å².